The second kappa shape index (κ2) is 8.11. The van der Waals surface area contributed by atoms with Crippen LogP contribution >= 0.6 is 0 Å². The Balaban J connectivity index is 1.53. The molecule has 30 heavy (non-hydrogen) atoms. The normalized spacial score (nSPS) is 47.1. The van der Waals surface area contributed by atoms with Crippen molar-refractivity contribution in [3.05, 3.63) is 0 Å². The van der Waals surface area contributed by atoms with E-state index >= 15 is 0 Å². The maximum absolute atomic E-state index is 12.5. The minimum atomic E-state index is 0.349. The van der Waals surface area contributed by atoms with Crippen molar-refractivity contribution in [3.8, 4) is 0 Å². The highest BCUT2D eigenvalue weighted by molar-refractivity contribution is 5.77. The lowest BCUT2D eigenvalue weighted by molar-refractivity contribution is -0.167. The van der Waals surface area contributed by atoms with Gasteiger partial charge in [-0.1, -0.05) is 60.8 Å². The number of hydrogen-bond donors (Lipinski definition) is 0. The highest BCUT2D eigenvalue weighted by atomic mass is 16.2. The van der Waals surface area contributed by atoms with Gasteiger partial charge in [-0.2, -0.15) is 0 Å². The van der Waals surface area contributed by atoms with Crippen LogP contribution in [0.15, 0.2) is 0 Å². The molecule has 172 valence electrons. The quantitative estimate of drug-likeness (QED) is 0.466. The van der Waals surface area contributed by atoms with E-state index < -0.39 is 0 Å². The summed E-state index contributed by atoms with van der Waals surface area (Å²) in [5.41, 5.74) is 0.911. The second-order valence-electron chi connectivity index (χ2n) is 13.1. The van der Waals surface area contributed by atoms with Crippen molar-refractivity contribution in [3.63, 3.8) is 0 Å². The van der Waals surface area contributed by atoms with Crippen molar-refractivity contribution < 1.29 is 4.79 Å². The molecule has 2 nitrogen and oxygen atoms in total. The summed E-state index contributed by atoms with van der Waals surface area (Å²) in [6.07, 6.45) is 13.2. The molecular weight excluding hydrogens is 366 g/mol. The van der Waals surface area contributed by atoms with Gasteiger partial charge in [-0.05, 0) is 90.8 Å². The topological polar surface area (TPSA) is 20.3 Å². The summed E-state index contributed by atoms with van der Waals surface area (Å²) in [5, 5.41) is 0. The van der Waals surface area contributed by atoms with Gasteiger partial charge in [0.15, 0.2) is 0 Å². The number of fused-ring (bicyclic) bond motifs is 5. The van der Waals surface area contributed by atoms with Gasteiger partial charge in [0, 0.05) is 19.5 Å². The molecule has 1 saturated heterocycles. The van der Waals surface area contributed by atoms with E-state index in [1.165, 1.54) is 51.4 Å². The highest BCUT2D eigenvalue weighted by Crippen LogP contribution is 2.68. The zero-order valence-electron chi connectivity index (χ0n) is 21.0. The molecule has 4 rings (SSSR count). The van der Waals surface area contributed by atoms with Crippen molar-refractivity contribution in [2.24, 2.45) is 52.3 Å². The smallest absolute Gasteiger partial charge is 0.222 e. The fourth-order valence-corrected chi connectivity index (χ4v) is 9.49. The first-order chi connectivity index (χ1) is 14.1. The fraction of sp³-hybridized carbons (Fsp3) is 0.964. The molecule has 0 N–H and O–H groups in total. The van der Waals surface area contributed by atoms with E-state index in [1.54, 1.807) is 0 Å². The number of hydrogen-bond acceptors (Lipinski definition) is 1. The molecule has 9 atom stereocenters. The Morgan fingerprint density at radius 1 is 1.00 bits per heavy atom. The summed E-state index contributed by atoms with van der Waals surface area (Å²) < 4.78 is 0. The van der Waals surface area contributed by atoms with E-state index in [-0.39, 0.29) is 0 Å². The van der Waals surface area contributed by atoms with Crippen LogP contribution in [0.25, 0.3) is 0 Å². The molecule has 0 radical (unpaired) electrons. The van der Waals surface area contributed by atoms with E-state index in [0.717, 1.165) is 54.3 Å². The minimum Gasteiger partial charge on any atom is -0.342 e. The summed E-state index contributed by atoms with van der Waals surface area (Å²) in [6, 6.07) is 0.478. The first-order valence-corrected chi connectivity index (χ1v) is 13.3. The van der Waals surface area contributed by atoms with Gasteiger partial charge in [0.2, 0.25) is 5.91 Å². The molecule has 7 unspecified atom stereocenters. The van der Waals surface area contributed by atoms with Crippen molar-refractivity contribution in [2.75, 3.05) is 7.05 Å². The molecular formula is C28H49NO. The molecule has 0 aromatic carbocycles. The maximum Gasteiger partial charge on any atom is 0.222 e. The molecule has 0 spiro atoms. The van der Waals surface area contributed by atoms with E-state index in [1.807, 2.05) is 0 Å². The number of carbonyl (C=O) groups is 1. The van der Waals surface area contributed by atoms with Crippen LogP contribution in [0.5, 0.6) is 0 Å². The Kier molecular flexibility index (Phi) is 6.12. The zero-order chi connectivity index (χ0) is 21.8. The predicted octanol–water partition coefficient (Wildman–Crippen LogP) is 7.17. The Hall–Kier alpha value is -0.530. The Morgan fingerprint density at radius 3 is 2.40 bits per heavy atom. The van der Waals surface area contributed by atoms with Gasteiger partial charge in [0.05, 0.1) is 0 Å². The van der Waals surface area contributed by atoms with Crippen molar-refractivity contribution >= 4 is 5.91 Å². The lowest BCUT2D eigenvalue weighted by atomic mass is 9.44. The fourth-order valence-electron chi connectivity index (χ4n) is 9.49. The van der Waals surface area contributed by atoms with Gasteiger partial charge >= 0.3 is 0 Å². The number of amides is 1. The largest absolute Gasteiger partial charge is 0.342 e. The minimum absolute atomic E-state index is 0.349. The third kappa shape index (κ3) is 3.47. The van der Waals surface area contributed by atoms with Crippen molar-refractivity contribution in [2.45, 2.75) is 112 Å². The van der Waals surface area contributed by atoms with Gasteiger partial charge in [0.1, 0.15) is 0 Å². The van der Waals surface area contributed by atoms with Crippen LogP contribution < -0.4 is 0 Å². The van der Waals surface area contributed by atoms with Crippen LogP contribution in [0, 0.1) is 52.3 Å². The van der Waals surface area contributed by atoms with E-state index in [2.05, 4.69) is 53.5 Å². The molecule has 0 aromatic rings. The standard InChI is InChI=1S/C28H49NO/c1-18(2)9-8-10-19(3)21-11-12-22-26-20(4)17-24-28(6,16-14-25(30)29(24)7)23(26)13-15-27(21,22)5/h18-24,26H,8-17H2,1-7H3/t19?,20?,21?,22?,23?,24?,26?,27-,28-/m1/s1. The third-order valence-corrected chi connectivity index (χ3v) is 11.1. The molecule has 3 aliphatic carbocycles. The zero-order valence-corrected chi connectivity index (χ0v) is 21.0. The molecule has 0 bridgehead atoms. The second-order valence-corrected chi connectivity index (χ2v) is 13.1. The molecule has 1 amide bonds. The van der Waals surface area contributed by atoms with Gasteiger partial charge in [-0.3, -0.25) is 4.79 Å². The number of carbonyl (C=O) groups excluding carboxylic acids is 1. The van der Waals surface area contributed by atoms with Crippen LogP contribution in [-0.4, -0.2) is 23.9 Å². The molecule has 3 saturated carbocycles. The molecule has 1 aliphatic heterocycles. The average Bonchev–Trinajstić information content (AvgIpc) is 3.03. The summed E-state index contributed by atoms with van der Waals surface area (Å²) in [4.78, 5) is 14.6. The first-order valence-electron chi connectivity index (χ1n) is 13.3. The molecule has 4 aliphatic rings. The molecule has 4 fully saturated rings. The summed E-state index contributed by atoms with van der Waals surface area (Å²) >= 11 is 0. The molecule has 1 heterocycles. The van der Waals surface area contributed by atoms with Crippen LogP contribution in [-0.2, 0) is 4.79 Å². The lowest BCUT2D eigenvalue weighted by Gasteiger charge is -2.64. The van der Waals surface area contributed by atoms with Crippen LogP contribution in [0.2, 0.25) is 0 Å². The predicted molar refractivity (Wildman–Crippen MR) is 126 cm³/mol. The van der Waals surface area contributed by atoms with Crippen LogP contribution in [0.3, 0.4) is 0 Å². The summed E-state index contributed by atoms with van der Waals surface area (Å²) in [7, 11) is 2.09. The van der Waals surface area contributed by atoms with Crippen molar-refractivity contribution in [1.82, 2.24) is 4.90 Å². The Morgan fingerprint density at radius 2 is 1.70 bits per heavy atom. The first kappa shape index (κ1) is 22.7. The highest BCUT2D eigenvalue weighted by Gasteiger charge is 2.63. The maximum atomic E-state index is 12.5. The van der Waals surface area contributed by atoms with E-state index in [4.69, 9.17) is 0 Å². The monoisotopic (exact) mass is 415 g/mol. The summed E-state index contributed by atoms with van der Waals surface area (Å²) in [6.45, 7) is 15.1. The SMILES string of the molecule is CC(C)CCCC(C)C1CCC2C3C(C)CC4N(C)C(=O)CC[C@]4(C)C3CC[C@]12C. The molecule has 2 heteroatoms. The number of piperidine rings is 1. The lowest BCUT2D eigenvalue weighted by Crippen LogP contribution is -2.63. The number of rotatable bonds is 5. The van der Waals surface area contributed by atoms with E-state index in [9.17, 15) is 4.79 Å². The summed E-state index contributed by atoms with van der Waals surface area (Å²) in [5.74, 6) is 6.46. The van der Waals surface area contributed by atoms with Gasteiger partial charge in [-0.25, -0.2) is 0 Å². The number of nitrogens with zero attached hydrogens (tertiary/aromatic N) is 1. The Labute approximate surface area is 186 Å². The number of likely N-dealkylation sites (tertiary alicyclic amines) is 1. The van der Waals surface area contributed by atoms with Gasteiger partial charge in [0.25, 0.3) is 0 Å². The van der Waals surface area contributed by atoms with Gasteiger partial charge in [-0.15, -0.1) is 0 Å². The molecule has 0 aromatic heterocycles. The Bertz CT molecular complexity index is 643. The van der Waals surface area contributed by atoms with Crippen LogP contribution in [0.1, 0.15) is 106 Å². The van der Waals surface area contributed by atoms with Gasteiger partial charge < -0.3 is 4.90 Å². The van der Waals surface area contributed by atoms with Crippen LogP contribution in [0.4, 0.5) is 0 Å². The average molecular weight is 416 g/mol. The third-order valence-electron chi connectivity index (χ3n) is 11.1. The van der Waals surface area contributed by atoms with E-state index in [0.29, 0.717) is 22.8 Å². The van der Waals surface area contributed by atoms with Crippen molar-refractivity contribution in [1.29, 1.82) is 0 Å².